The van der Waals surface area contributed by atoms with Crippen molar-refractivity contribution in [2.45, 2.75) is 25.3 Å². The average Bonchev–Trinajstić information content (AvgIpc) is 2.92. The third kappa shape index (κ3) is 4.06. The minimum absolute atomic E-state index is 0.0107. The van der Waals surface area contributed by atoms with Crippen LogP contribution in [0, 0.1) is 13.8 Å². The molecule has 0 spiro atoms. The molecule has 0 amide bonds. The molecular weight excluding hydrogens is 370 g/mol. The molecular formula is C19H21NO6S. The second kappa shape index (κ2) is 7.58. The molecule has 0 atom stereocenters. The quantitative estimate of drug-likeness (QED) is 0.662. The third-order valence-electron chi connectivity index (χ3n) is 4.27. The highest BCUT2D eigenvalue weighted by molar-refractivity contribution is 7.91. The van der Waals surface area contributed by atoms with Crippen molar-refractivity contribution in [1.82, 2.24) is 4.57 Å². The molecule has 0 bridgehead atoms. The summed E-state index contributed by atoms with van der Waals surface area (Å²) in [5, 5.41) is 8.88. The van der Waals surface area contributed by atoms with Gasteiger partial charge < -0.3 is 14.3 Å². The molecule has 0 saturated carbocycles. The second-order valence-corrected chi connectivity index (χ2v) is 8.42. The summed E-state index contributed by atoms with van der Waals surface area (Å²) in [6, 6.07) is 10.2. The van der Waals surface area contributed by atoms with Gasteiger partial charge in [0.2, 0.25) is 0 Å². The standard InChI is InChI=1S/C19H21NO6S/c1-13-3-4-14(2)17(11-13)25-9-7-20-16-6-5-15(27(23,24)10-8-21)12-18(16)26-19(20)22/h3-6,11-12,21H,7-10H2,1-2H3. The lowest BCUT2D eigenvalue weighted by molar-refractivity contribution is 0.292. The van der Waals surface area contributed by atoms with Crippen molar-refractivity contribution in [2.24, 2.45) is 0 Å². The normalized spacial score (nSPS) is 11.8. The van der Waals surface area contributed by atoms with Crippen molar-refractivity contribution in [3.05, 3.63) is 58.1 Å². The fourth-order valence-electron chi connectivity index (χ4n) is 2.80. The number of aliphatic hydroxyl groups excluding tert-OH is 1. The third-order valence-corrected chi connectivity index (χ3v) is 5.97. The van der Waals surface area contributed by atoms with Crippen molar-refractivity contribution >= 4 is 20.9 Å². The number of benzene rings is 2. The van der Waals surface area contributed by atoms with Gasteiger partial charge in [-0.2, -0.15) is 0 Å². The minimum atomic E-state index is -3.61. The van der Waals surface area contributed by atoms with Gasteiger partial charge in [-0.05, 0) is 43.2 Å². The van der Waals surface area contributed by atoms with Crippen LogP contribution < -0.4 is 10.5 Å². The van der Waals surface area contributed by atoms with Crippen LogP contribution in [0.2, 0.25) is 0 Å². The van der Waals surface area contributed by atoms with Crippen molar-refractivity contribution in [2.75, 3.05) is 19.0 Å². The first-order valence-electron chi connectivity index (χ1n) is 8.49. The first-order valence-corrected chi connectivity index (χ1v) is 10.1. The van der Waals surface area contributed by atoms with Crippen LogP contribution in [0.15, 0.2) is 50.5 Å². The van der Waals surface area contributed by atoms with Gasteiger partial charge >= 0.3 is 5.76 Å². The number of nitrogens with zero attached hydrogens (tertiary/aromatic N) is 1. The molecule has 0 unspecified atom stereocenters. The molecule has 144 valence electrons. The van der Waals surface area contributed by atoms with Gasteiger partial charge in [0.15, 0.2) is 15.4 Å². The smallest absolute Gasteiger partial charge is 0.420 e. The van der Waals surface area contributed by atoms with E-state index in [1.54, 1.807) is 0 Å². The molecule has 0 aliphatic carbocycles. The van der Waals surface area contributed by atoms with Crippen LogP contribution in [-0.2, 0) is 16.4 Å². The van der Waals surface area contributed by atoms with Gasteiger partial charge in [-0.15, -0.1) is 0 Å². The van der Waals surface area contributed by atoms with Crippen molar-refractivity contribution in [3.8, 4) is 5.75 Å². The van der Waals surface area contributed by atoms with Gasteiger partial charge in [0.05, 0.1) is 29.3 Å². The van der Waals surface area contributed by atoms with E-state index in [0.717, 1.165) is 16.9 Å². The minimum Gasteiger partial charge on any atom is -0.491 e. The predicted molar refractivity (Wildman–Crippen MR) is 101 cm³/mol. The van der Waals surface area contributed by atoms with Gasteiger partial charge in [-0.1, -0.05) is 12.1 Å². The Hall–Kier alpha value is -2.58. The zero-order chi connectivity index (χ0) is 19.6. The number of ether oxygens (including phenoxy) is 1. The van der Waals surface area contributed by atoms with Crippen LogP contribution in [0.25, 0.3) is 11.1 Å². The largest absolute Gasteiger partial charge is 0.491 e. The number of hydrogen-bond acceptors (Lipinski definition) is 6. The summed E-state index contributed by atoms with van der Waals surface area (Å²) < 4.78 is 36.5. The van der Waals surface area contributed by atoms with Crippen LogP contribution >= 0.6 is 0 Å². The van der Waals surface area contributed by atoms with E-state index in [9.17, 15) is 13.2 Å². The SMILES string of the molecule is Cc1ccc(C)c(OCCn2c(=O)oc3cc(S(=O)(=O)CCO)ccc32)c1. The fourth-order valence-corrected chi connectivity index (χ4v) is 3.84. The van der Waals surface area contributed by atoms with Crippen molar-refractivity contribution < 1.29 is 22.7 Å². The molecule has 0 saturated heterocycles. The van der Waals surface area contributed by atoms with Gasteiger partial charge in [-0.3, -0.25) is 4.57 Å². The van der Waals surface area contributed by atoms with E-state index in [1.165, 1.54) is 22.8 Å². The fraction of sp³-hybridized carbons (Fsp3) is 0.316. The molecule has 27 heavy (non-hydrogen) atoms. The molecule has 3 aromatic rings. The summed E-state index contributed by atoms with van der Waals surface area (Å²) >= 11 is 0. The Morgan fingerprint density at radius 3 is 2.67 bits per heavy atom. The zero-order valence-corrected chi connectivity index (χ0v) is 16.0. The Labute approximate surface area is 156 Å². The van der Waals surface area contributed by atoms with E-state index in [1.807, 2.05) is 32.0 Å². The van der Waals surface area contributed by atoms with E-state index < -0.39 is 22.2 Å². The first-order chi connectivity index (χ1) is 12.8. The Bertz CT molecular complexity index is 1130. The van der Waals surface area contributed by atoms with E-state index in [2.05, 4.69) is 0 Å². The number of sulfone groups is 1. The summed E-state index contributed by atoms with van der Waals surface area (Å²) in [6.45, 7) is 3.98. The number of oxazole rings is 1. The van der Waals surface area contributed by atoms with E-state index in [-0.39, 0.29) is 29.4 Å². The van der Waals surface area contributed by atoms with E-state index in [4.69, 9.17) is 14.3 Å². The summed E-state index contributed by atoms with van der Waals surface area (Å²) in [7, 11) is -3.61. The highest BCUT2D eigenvalue weighted by Crippen LogP contribution is 2.21. The first kappa shape index (κ1) is 19.2. The van der Waals surface area contributed by atoms with Crippen LogP contribution in [-0.4, -0.2) is 37.1 Å². The van der Waals surface area contributed by atoms with Crippen LogP contribution in [0.4, 0.5) is 0 Å². The Morgan fingerprint density at radius 2 is 1.93 bits per heavy atom. The second-order valence-electron chi connectivity index (χ2n) is 6.31. The molecule has 1 aromatic heterocycles. The van der Waals surface area contributed by atoms with Gasteiger partial charge in [-0.25, -0.2) is 13.2 Å². The lowest BCUT2D eigenvalue weighted by atomic mass is 10.1. The highest BCUT2D eigenvalue weighted by atomic mass is 32.2. The average molecular weight is 391 g/mol. The summed E-state index contributed by atoms with van der Waals surface area (Å²) in [4.78, 5) is 12.2. The lowest BCUT2D eigenvalue weighted by Gasteiger charge is -2.10. The predicted octanol–water partition coefficient (Wildman–Crippen LogP) is 2.06. The Balaban J connectivity index is 1.82. The molecule has 1 heterocycles. The number of aliphatic hydroxyl groups is 1. The number of rotatable bonds is 7. The van der Waals surface area contributed by atoms with Gasteiger partial charge in [0, 0.05) is 6.07 Å². The lowest BCUT2D eigenvalue weighted by Crippen LogP contribution is -2.18. The van der Waals surface area contributed by atoms with Crippen molar-refractivity contribution in [3.63, 3.8) is 0 Å². The Morgan fingerprint density at radius 1 is 1.15 bits per heavy atom. The van der Waals surface area contributed by atoms with Gasteiger partial charge in [0.25, 0.3) is 0 Å². The van der Waals surface area contributed by atoms with E-state index in [0.29, 0.717) is 5.52 Å². The highest BCUT2D eigenvalue weighted by Gasteiger charge is 2.17. The molecule has 7 nitrogen and oxygen atoms in total. The molecule has 1 N–H and O–H groups in total. The maximum absolute atomic E-state index is 12.1. The molecule has 3 rings (SSSR count). The summed E-state index contributed by atoms with van der Waals surface area (Å²) in [6.07, 6.45) is 0. The summed E-state index contributed by atoms with van der Waals surface area (Å²) in [5.74, 6) is -0.202. The van der Waals surface area contributed by atoms with Crippen LogP contribution in [0.3, 0.4) is 0 Å². The number of hydrogen-bond donors (Lipinski definition) is 1. The molecule has 2 aromatic carbocycles. The zero-order valence-electron chi connectivity index (χ0n) is 15.1. The van der Waals surface area contributed by atoms with Crippen LogP contribution in [0.1, 0.15) is 11.1 Å². The number of aryl methyl sites for hydroxylation is 2. The number of aromatic nitrogens is 1. The molecule has 0 aliphatic heterocycles. The molecule has 0 fully saturated rings. The van der Waals surface area contributed by atoms with Crippen LogP contribution in [0.5, 0.6) is 5.75 Å². The number of fused-ring (bicyclic) bond motifs is 1. The molecule has 0 radical (unpaired) electrons. The molecule has 0 aliphatic rings. The maximum Gasteiger partial charge on any atom is 0.420 e. The Kier molecular flexibility index (Phi) is 5.38. The van der Waals surface area contributed by atoms with Gasteiger partial charge in [0.1, 0.15) is 12.4 Å². The van der Waals surface area contributed by atoms with E-state index >= 15 is 0 Å². The van der Waals surface area contributed by atoms with Crippen molar-refractivity contribution in [1.29, 1.82) is 0 Å². The molecule has 8 heteroatoms. The summed E-state index contributed by atoms with van der Waals surface area (Å²) in [5.41, 5.74) is 2.76. The maximum atomic E-state index is 12.1. The topological polar surface area (TPSA) is 98.7 Å². The monoisotopic (exact) mass is 391 g/mol.